The van der Waals surface area contributed by atoms with Crippen molar-refractivity contribution in [3.8, 4) is 11.3 Å². The largest absolute Gasteiger partial charge is 0.457 e. The summed E-state index contributed by atoms with van der Waals surface area (Å²) in [5.74, 6) is 0.435. The first-order valence-corrected chi connectivity index (χ1v) is 10.5. The Morgan fingerprint density at radius 3 is 2.62 bits per heavy atom. The summed E-state index contributed by atoms with van der Waals surface area (Å²) >= 11 is 0. The average Bonchev–Trinajstić information content (AvgIpc) is 3.10. The molecule has 4 aromatic rings. The second-order valence-electron chi connectivity index (χ2n) is 8.28. The molecule has 0 spiro atoms. The molecule has 1 aliphatic rings. The minimum absolute atomic E-state index is 0.435. The Balaban J connectivity index is 1.78. The first-order valence-electron chi connectivity index (χ1n) is 10.5. The summed E-state index contributed by atoms with van der Waals surface area (Å²) in [6.07, 6.45) is 8.18. The van der Waals surface area contributed by atoms with Crippen LogP contribution in [-0.2, 0) is 7.05 Å². The number of benzene rings is 2. The molecule has 0 N–H and O–H groups in total. The van der Waals surface area contributed by atoms with E-state index >= 15 is 0 Å². The fraction of sp³-hybridized carbons (Fsp3) is 0.308. The normalized spacial score (nSPS) is 15.1. The first kappa shape index (κ1) is 17.9. The zero-order valence-corrected chi connectivity index (χ0v) is 17.0. The summed E-state index contributed by atoms with van der Waals surface area (Å²) in [5.41, 5.74) is 7.34. The van der Waals surface area contributed by atoms with Gasteiger partial charge in [-0.25, -0.2) is 9.41 Å². The van der Waals surface area contributed by atoms with E-state index in [-0.39, 0.29) is 0 Å². The smallest absolute Gasteiger partial charge is 0.212 e. The molecule has 0 atom stereocenters. The van der Waals surface area contributed by atoms with Crippen LogP contribution in [0.2, 0.25) is 0 Å². The third kappa shape index (κ3) is 2.91. The van der Waals surface area contributed by atoms with Crippen molar-refractivity contribution < 1.29 is 8.98 Å². The Labute approximate surface area is 171 Å². The predicted octanol–water partition coefficient (Wildman–Crippen LogP) is 6.98. The summed E-state index contributed by atoms with van der Waals surface area (Å²) in [4.78, 5) is 3.85. The molecule has 2 aromatic heterocycles. The molecule has 2 aromatic carbocycles. The third-order valence-corrected chi connectivity index (χ3v) is 6.47. The molecule has 144 valence electrons. The van der Waals surface area contributed by atoms with Crippen LogP contribution in [0.15, 0.2) is 53.1 Å². The van der Waals surface area contributed by atoms with Gasteiger partial charge in [-0.2, -0.15) is 0 Å². The first-order chi connectivity index (χ1) is 14.2. The molecule has 1 fully saturated rings. The zero-order valence-electron chi connectivity index (χ0n) is 17.0. The Kier molecular flexibility index (Phi) is 4.36. The van der Waals surface area contributed by atoms with Gasteiger partial charge in [0.15, 0.2) is 11.9 Å². The molecular weight excluding hydrogens is 356 g/mol. The Morgan fingerprint density at radius 2 is 1.86 bits per heavy atom. The van der Waals surface area contributed by atoms with Crippen molar-refractivity contribution in [3.05, 3.63) is 71.2 Å². The molecule has 0 aliphatic heterocycles. The highest BCUT2D eigenvalue weighted by Crippen LogP contribution is 2.45. The Hall–Kier alpha value is -3.12. The van der Waals surface area contributed by atoms with Gasteiger partial charge in [0.05, 0.1) is 6.57 Å². The van der Waals surface area contributed by atoms with Crippen LogP contribution in [0, 0.1) is 13.5 Å². The molecular formula is C26H25N2O+. The number of aryl methyl sites for hydroxylation is 2. The fourth-order valence-electron chi connectivity index (χ4n) is 4.96. The van der Waals surface area contributed by atoms with Gasteiger partial charge in [-0.3, -0.25) is 0 Å². The van der Waals surface area contributed by atoms with Gasteiger partial charge in [-0.05, 0) is 49.4 Å². The Bertz CT molecular complexity index is 1270. The molecule has 0 bridgehead atoms. The van der Waals surface area contributed by atoms with Crippen LogP contribution < -0.4 is 4.57 Å². The quantitative estimate of drug-likeness (QED) is 0.271. The second kappa shape index (κ2) is 7.04. The van der Waals surface area contributed by atoms with Crippen LogP contribution in [0.25, 0.3) is 38.0 Å². The molecule has 3 nitrogen and oxygen atoms in total. The lowest BCUT2D eigenvalue weighted by atomic mass is 9.82. The van der Waals surface area contributed by atoms with Crippen LogP contribution >= 0.6 is 0 Å². The summed E-state index contributed by atoms with van der Waals surface area (Å²) < 4.78 is 8.58. The molecule has 3 heteroatoms. The average molecular weight is 381 g/mol. The van der Waals surface area contributed by atoms with Crippen LogP contribution in [0.3, 0.4) is 0 Å². The van der Waals surface area contributed by atoms with Crippen LogP contribution in [-0.4, -0.2) is 0 Å². The van der Waals surface area contributed by atoms with E-state index in [1.807, 2.05) is 12.1 Å². The SMILES string of the molecule is [C-]#[N+]c1ccc2c(oc3cc(C)c(-c4cccc[n+]4C)cc32)c1C1CCCCC1. The lowest BCUT2D eigenvalue weighted by Crippen LogP contribution is -2.30. The van der Waals surface area contributed by atoms with Crippen molar-refractivity contribution in [1.82, 2.24) is 0 Å². The molecule has 2 heterocycles. The molecule has 1 aliphatic carbocycles. The monoisotopic (exact) mass is 381 g/mol. The van der Waals surface area contributed by atoms with E-state index in [1.165, 1.54) is 36.1 Å². The fourth-order valence-corrected chi connectivity index (χ4v) is 4.96. The van der Waals surface area contributed by atoms with E-state index in [9.17, 15) is 0 Å². The van der Waals surface area contributed by atoms with Crippen molar-refractivity contribution >= 4 is 27.6 Å². The maximum Gasteiger partial charge on any atom is 0.212 e. The topological polar surface area (TPSA) is 21.4 Å². The molecule has 29 heavy (non-hydrogen) atoms. The van der Waals surface area contributed by atoms with Gasteiger partial charge in [0, 0.05) is 34.0 Å². The highest BCUT2D eigenvalue weighted by molar-refractivity contribution is 6.08. The number of nitrogens with zero attached hydrogens (tertiary/aromatic N) is 2. The molecule has 5 rings (SSSR count). The van der Waals surface area contributed by atoms with Crippen molar-refractivity contribution in [2.75, 3.05) is 0 Å². The van der Waals surface area contributed by atoms with Gasteiger partial charge in [-0.1, -0.05) is 31.4 Å². The van der Waals surface area contributed by atoms with Crippen molar-refractivity contribution in [2.45, 2.75) is 44.9 Å². The highest BCUT2D eigenvalue weighted by Gasteiger charge is 2.25. The standard InChI is InChI=1S/C26H25N2O/c1-17-15-24-21(16-20(17)23-11-7-8-14-28(23)3)19-12-13-22(27-2)25(26(19)29-24)18-9-5-4-6-10-18/h7-8,11-16,18H,4-6,9-10H2,1,3H3/q+1. The molecule has 0 saturated heterocycles. The van der Waals surface area contributed by atoms with Gasteiger partial charge in [-0.15, -0.1) is 0 Å². The van der Waals surface area contributed by atoms with E-state index in [1.54, 1.807) is 0 Å². The highest BCUT2D eigenvalue weighted by atomic mass is 16.3. The lowest BCUT2D eigenvalue weighted by Gasteiger charge is -2.23. The number of aromatic nitrogens is 1. The van der Waals surface area contributed by atoms with Gasteiger partial charge in [0.1, 0.15) is 18.2 Å². The minimum atomic E-state index is 0.435. The van der Waals surface area contributed by atoms with Crippen molar-refractivity contribution in [3.63, 3.8) is 0 Å². The lowest BCUT2D eigenvalue weighted by molar-refractivity contribution is -0.660. The van der Waals surface area contributed by atoms with E-state index in [0.29, 0.717) is 5.92 Å². The third-order valence-electron chi connectivity index (χ3n) is 6.47. The van der Waals surface area contributed by atoms with Crippen LogP contribution in [0.5, 0.6) is 0 Å². The van der Waals surface area contributed by atoms with Gasteiger partial charge in [0.25, 0.3) is 0 Å². The number of furan rings is 1. The van der Waals surface area contributed by atoms with Crippen molar-refractivity contribution in [2.24, 2.45) is 7.05 Å². The summed E-state index contributed by atoms with van der Waals surface area (Å²) in [6, 6.07) is 14.8. The van der Waals surface area contributed by atoms with Crippen LogP contribution in [0.4, 0.5) is 5.69 Å². The summed E-state index contributed by atoms with van der Waals surface area (Å²) in [6.45, 7) is 9.84. The number of hydrogen-bond donors (Lipinski definition) is 0. The number of pyridine rings is 1. The Morgan fingerprint density at radius 1 is 1.03 bits per heavy atom. The van der Waals surface area contributed by atoms with E-state index < -0.39 is 0 Å². The maximum atomic E-state index is 7.70. The molecule has 0 radical (unpaired) electrons. The van der Waals surface area contributed by atoms with E-state index in [2.05, 4.69) is 59.9 Å². The molecule has 1 saturated carbocycles. The number of fused-ring (bicyclic) bond motifs is 3. The zero-order chi connectivity index (χ0) is 20.0. The van der Waals surface area contributed by atoms with E-state index in [4.69, 9.17) is 11.0 Å². The predicted molar refractivity (Wildman–Crippen MR) is 117 cm³/mol. The van der Waals surface area contributed by atoms with Gasteiger partial charge >= 0.3 is 0 Å². The van der Waals surface area contributed by atoms with Gasteiger partial charge < -0.3 is 4.42 Å². The summed E-state index contributed by atoms with van der Waals surface area (Å²) in [7, 11) is 2.08. The van der Waals surface area contributed by atoms with Crippen molar-refractivity contribution in [1.29, 1.82) is 0 Å². The summed E-state index contributed by atoms with van der Waals surface area (Å²) in [5, 5.41) is 2.27. The molecule has 0 amide bonds. The maximum absolute atomic E-state index is 7.70. The minimum Gasteiger partial charge on any atom is -0.457 e. The molecule has 0 unspecified atom stereocenters. The number of hydrogen-bond acceptors (Lipinski definition) is 1. The van der Waals surface area contributed by atoms with Gasteiger partial charge in [0.2, 0.25) is 5.69 Å². The van der Waals surface area contributed by atoms with E-state index in [0.717, 1.165) is 46.0 Å². The second-order valence-corrected chi connectivity index (χ2v) is 8.28. The van der Waals surface area contributed by atoms with Crippen LogP contribution in [0.1, 0.15) is 49.1 Å². The number of rotatable bonds is 2.